The molecule has 0 spiro atoms. The van der Waals surface area contributed by atoms with Crippen LogP contribution in [0.4, 0.5) is 4.79 Å². The van der Waals surface area contributed by atoms with E-state index in [1.54, 1.807) is 7.11 Å². The van der Waals surface area contributed by atoms with Crippen LogP contribution in [-0.2, 0) is 25.5 Å². The molecule has 3 unspecified atom stereocenters. The monoisotopic (exact) mass is 473 g/mol. The third kappa shape index (κ3) is 7.20. The lowest BCUT2D eigenvalue weighted by Crippen LogP contribution is -2.51. The van der Waals surface area contributed by atoms with Crippen LogP contribution in [-0.4, -0.2) is 55.5 Å². The Morgan fingerprint density at radius 1 is 1.26 bits per heavy atom. The van der Waals surface area contributed by atoms with Crippen LogP contribution in [0.1, 0.15) is 51.5 Å². The third-order valence-electron chi connectivity index (χ3n) is 6.29. The minimum absolute atomic E-state index is 0.104. The summed E-state index contributed by atoms with van der Waals surface area (Å²) in [6.45, 7) is 4.46. The Morgan fingerprint density at radius 3 is 2.62 bits per heavy atom. The molecule has 0 aromatic heterocycles. The van der Waals surface area contributed by atoms with Gasteiger partial charge < -0.3 is 30.2 Å². The van der Waals surface area contributed by atoms with Gasteiger partial charge in [0.15, 0.2) is 0 Å². The van der Waals surface area contributed by atoms with Crippen molar-refractivity contribution < 1.29 is 28.7 Å². The lowest BCUT2D eigenvalue weighted by Gasteiger charge is -2.24. The zero-order valence-corrected chi connectivity index (χ0v) is 20.1. The van der Waals surface area contributed by atoms with Crippen molar-refractivity contribution in [3.05, 3.63) is 29.8 Å². The summed E-state index contributed by atoms with van der Waals surface area (Å²) in [7, 11) is 1.60. The van der Waals surface area contributed by atoms with Gasteiger partial charge in [-0.2, -0.15) is 0 Å². The highest BCUT2D eigenvalue weighted by atomic mass is 16.6. The van der Waals surface area contributed by atoms with E-state index >= 15 is 0 Å². The number of carbonyl (C=O) groups is 4. The summed E-state index contributed by atoms with van der Waals surface area (Å²) in [5.41, 5.74) is 0.419. The molecule has 1 heterocycles. The van der Waals surface area contributed by atoms with Gasteiger partial charge in [0.1, 0.15) is 23.7 Å². The number of amides is 3. The second-order valence-corrected chi connectivity index (χ2v) is 9.69. The van der Waals surface area contributed by atoms with E-state index in [9.17, 15) is 19.2 Å². The first-order chi connectivity index (χ1) is 16.2. The number of nitrogens with one attached hydrogen (secondary N) is 3. The molecule has 1 aromatic carbocycles. The van der Waals surface area contributed by atoms with E-state index in [4.69, 9.17) is 9.47 Å². The Labute approximate surface area is 200 Å². The Balaban J connectivity index is 1.57. The van der Waals surface area contributed by atoms with Crippen LogP contribution in [0.2, 0.25) is 0 Å². The number of rotatable bonds is 12. The number of alkyl carbamates (subject to hydrolysis) is 1. The molecular formula is C25H35N3O6. The maximum atomic E-state index is 12.9. The SMILES string of the molecule is COc1cccc(CC2(OC(=O)NC(CC(C)C)C(=O)NC(C=O)CC3CCNC3=O)CC2)c1. The molecule has 1 aromatic rings. The van der Waals surface area contributed by atoms with Crippen molar-refractivity contribution in [2.45, 2.75) is 70.1 Å². The fourth-order valence-electron chi connectivity index (χ4n) is 4.29. The predicted octanol–water partition coefficient (Wildman–Crippen LogP) is 2.12. The summed E-state index contributed by atoms with van der Waals surface area (Å²) < 4.78 is 11.0. The number of methoxy groups -OCH3 is 1. The van der Waals surface area contributed by atoms with E-state index in [1.807, 2.05) is 38.1 Å². The molecule has 0 radical (unpaired) electrons. The average Bonchev–Trinajstić information content (AvgIpc) is 3.42. The molecule has 3 amide bonds. The smallest absolute Gasteiger partial charge is 0.408 e. The van der Waals surface area contributed by atoms with Crippen LogP contribution < -0.4 is 20.7 Å². The van der Waals surface area contributed by atoms with Gasteiger partial charge in [0.2, 0.25) is 11.8 Å². The molecule has 2 fully saturated rings. The Bertz CT molecular complexity index is 898. The Kier molecular flexibility index (Phi) is 8.52. The first-order valence-electron chi connectivity index (χ1n) is 11.9. The van der Waals surface area contributed by atoms with Crippen molar-refractivity contribution in [1.29, 1.82) is 0 Å². The molecule has 1 aliphatic carbocycles. The number of hydrogen-bond donors (Lipinski definition) is 3. The van der Waals surface area contributed by atoms with E-state index < -0.39 is 29.7 Å². The van der Waals surface area contributed by atoms with Crippen molar-refractivity contribution in [2.24, 2.45) is 11.8 Å². The number of aldehydes is 1. The highest BCUT2D eigenvalue weighted by molar-refractivity contribution is 5.88. The summed E-state index contributed by atoms with van der Waals surface area (Å²) in [4.78, 5) is 49.0. The van der Waals surface area contributed by atoms with Crippen molar-refractivity contribution in [1.82, 2.24) is 16.0 Å². The molecule has 9 heteroatoms. The van der Waals surface area contributed by atoms with Gasteiger partial charge in [-0.25, -0.2) is 4.79 Å². The zero-order valence-electron chi connectivity index (χ0n) is 20.1. The second-order valence-electron chi connectivity index (χ2n) is 9.69. The zero-order chi connectivity index (χ0) is 24.7. The van der Waals surface area contributed by atoms with Crippen LogP contribution in [0, 0.1) is 11.8 Å². The van der Waals surface area contributed by atoms with Gasteiger partial charge in [-0.15, -0.1) is 0 Å². The lowest BCUT2D eigenvalue weighted by molar-refractivity contribution is -0.127. The Morgan fingerprint density at radius 2 is 2.03 bits per heavy atom. The highest BCUT2D eigenvalue weighted by Gasteiger charge is 2.47. The number of hydrogen-bond acceptors (Lipinski definition) is 6. The molecule has 3 atom stereocenters. The van der Waals surface area contributed by atoms with E-state index in [1.165, 1.54) is 0 Å². The fourth-order valence-corrected chi connectivity index (χ4v) is 4.29. The highest BCUT2D eigenvalue weighted by Crippen LogP contribution is 2.43. The first-order valence-corrected chi connectivity index (χ1v) is 11.9. The van der Waals surface area contributed by atoms with Crippen molar-refractivity contribution in [3.8, 4) is 5.75 Å². The van der Waals surface area contributed by atoms with Crippen molar-refractivity contribution >= 4 is 24.2 Å². The van der Waals surface area contributed by atoms with Crippen molar-refractivity contribution in [3.63, 3.8) is 0 Å². The van der Waals surface area contributed by atoms with Gasteiger partial charge in [0, 0.05) is 18.9 Å². The van der Waals surface area contributed by atoms with Crippen LogP contribution >= 0.6 is 0 Å². The van der Waals surface area contributed by atoms with Gasteiger partial charge in [0.25, 0.3) is 0 Å². The van der Waals surface area contributed by atoms with Gasteiger partial charge in [-0.05, 0) is 55.7 Å². The topological polar surface area (TPSA) is 123 Å². The molecular weight excluding hydrogens is 438 g/mol. The van der Waals surface area contributed by atoms with E-state index in [0.29, 0.717) is 32.1 Å². The maximum absolute atomic E-state index is 12.9. The normalized spacial score (nSPS) is 20.1. The molecule has 0 bridgehead atoms. The summed E-state index contributed by atoms with van der Waals surface area (Å²) in [5.74, 6) is -0.00125. The van der Waals surface area contributed by atoms with Crippen LogP contribution in [0.25, 0.3) is 0 Å². The minimum Gasteiger partial charge on any atom is -0.497 e. The van der Waals surface area contributed by atoms with E-state index in [0.717, 1.165) is 24.2 Å². The summed E-state index contributed by atoms with van der Waals surface area (Å²) in [6, 6.07) is 5.99. The first kappa shape index (κ1) is 25.5. The van der Waals surface area contributed by atoms with Gasteiger partial charge in [-0.3, -0.25) is 9.59 Å². The number of ether oxygens (including phenoxy) is 2. The predicted molar refractivity (Wildman–Crippen MR) is 125 cm³/mol. The fraction of sp³-hybridized carbons (Fsp3) is 0.600. The van der Waals surface area contributed by atoms with Gasteiger partial charge in [-0.1, -0.05) is 26.0 Å². The summed E-state index contributed by atoms with van der Waals surface area (Å²) in [6.07, 6.45) is 3.30. The molecule has 3 N–H and O–H groups in total. The van der Waals surface area contributed by atoms with Crippen LogP contribution in [0.15, 0.2) is 24.3 Å². The number of carbonyl (C=O) groups excluding carboxylic acids is 4. The minimum atomic E-state index is -0.847. The third-order valence-corrected chi connectivity index (χ3v) is 6.29. The number of benzene rings is 1. The lowest BCUT2D eigenvalue weighted by atomic mass is 9.98. The standard InChI is InChI=1S/C25H35N3O6/c1-16(2)11-21(23(31)27-19(15-29)13-18-7-10-26-22(18)30)28-24(32)34-25(8-9-25)14-17-5-4-6-20(12-17)33-3/h4-6,12,15-16,18-19,21H,7-11,13-14H2,1-3H3,(H,26,30)(H,27,31)(H,28,32). The van der Waals surface area contributed by atoms with Gasteiger partial charge >= 0.3 is 6.09 Å². The van der Waals surface area contributed by atoms with Crippen LogP contribution in [0.3, 0.4) is 0 Å². The molecule has 186 valence electrons. The summed E-state index contributed by atoms with van der Waals surface area (Å²) >= 11 is 0. The van der Waals surface area contributed by atoms with E-state index in [-0.39, 0.29) is 24.2 Å². The van der Waals surface area contributed by atoms with Crippen LogP contribution in [0.5, 0.6) is 5.75 Å². The quantitative estimate of drug-likeness (QED) is 0.400. The summed E-state index contributed by atoms with van der Waals surface area (Å²) in [5, 5.41) is 8.11. The molecule has 9 nitrogen and oxygen atoms in total. The maximum Gasteiger partial charge on any atom is 0.408 e. The molecule has 2 aliphatic rings. The molecule has 34 heavy (non-hydrogen) atoms. The molecule has 1 saturated heterocycles. The largest absolute Gasteiger partial charge is 0.497 e. The molecule has 3 rings (SSSR count). The molecule has 1 saturated carbocycles. The van der Waals surface area contributed by atoms with Gasteiger partial charge in [0.05, 0.1) is 13.2 Å². The Hall–Kier alpha value is -3.10. The van der Waals surface area contributed by atoms with E-state index in [2.05, 4.69) is 16.0 Å². The average molecular weight is 474 g/mol. The van der Waals surface area contributed by atoms with Crippen molar-refractivity contribution in [2.75, 3.05) is 13.7 Å². The second kappa shape index (κ2) is 11.4. The molecule has 1 aliphatic heterocycles.